The van der Waals surface area contributed by atoms with E-state index >= 15 is 0 Å². The maximum Gasteiger partial charge on any atom is 0.229 e. The molecule has 0 saturated carbocycles. The second kappa shape index (κ2) is 8.47. The molecule has 0 spiro atoms. The lowest BCUT2D eigenvalue weighted by molar-refractivity contribution is -0.196. The number of amides is 1. The highest BCUT2D eigenvalue weighted by Crippen LogP contribution is 2.21. The summed E-state index contributed by atoms with van der Waals surface area (Å²) in [6.45, 7) is 2.19. The van der Waals surface area contributed by atoms with Crippen LogP contribution in [0.25, 0.3) is 0 Å². The minimum absolute atomic E-state index is 0.0924. The van der Waals surface area contributed by atoms with E-state index in [1.807, 2.05) is 48.5 Å². The SMILES string of the molecule is COC(C)(CC(=O)Nc1cccc(OCc2ccccc2)c1)OC. The van der Waals surface area contributed by atoms with Crippen LogP contribution in [0.4, 0.5) is 5.69 Å². The van der Waals surface area contributed by atoms with Crippen LogP contribution in [-0.4, -0.2) is 25.9 Å². The van der Waals surface area contributed by atoms with Gasteiger partial charge in [0.15, 0.2) is 5.79 Å². The van der Waals surface area contributed by atoms with Crippen LogP contribution in [0.3, 0.4) is 0 Å². The summed E-state index contributed by atoms with van der Waals surface area (Å²) in [6.07, 6.45) is 0.0924. The number of hydrogen-bond acceptors (Lipinski definition) is 4. The third-order valence-corrected chi connectivity index (χ3v) is 3.71. The molecule has 0 unspecified atom stereocenters. The number of anilines is 1. The average molecular weight is 329 g/mol. The van der Waals surface area contributed by atoms with Gasteiger partial charge in [-0.15, -0.1) is 0 Å². The lowest BCUT2D eigenvalue weighted by atomic mass is 10.2. The van der Waals surface area contributed by atoms with Crippen molar-refractivity contribution in [1.82, 2.24) is 0 Å². The molecule has 2 aromatic carbocycles. The zero-order valence-electron chi connectivity index (χ0n) is 14.2. The molecule has 128 valence electrons. The first-order valence-corrected chi connectivity index (χ1v) is 7.71. The van der Waals surface area contributed by atoms with Crippen molar-refractivity contribution >= 4 is 11.6 Å². The zero-order valence-corrected chi connectivity index (χ0v) is 14.2. The van der Waals surface area contributed by atoms with Crippen molar-refractivity contribution in [3.8, 4) is 5.75 Å². The molecular formula is C19H23NO4. The lowest BCUT2D eigenvalue weighted by Crippen LogP contribution is -2.34. The minimum Gasteiger partial charge on any atom is -0.489 e. The molecule has 2 rings (SSSR count). The number of nitrogens with one attached hydrogen (secondary N) is 1. The van der Waals surface area contributed by atoms with E-state index in [9.17, 15) is 4.79 Å². The summed E-state index contributed by atoms with van der Waals surface area (Å²) in [5.74, 6) is -0.440. The molecule has 0 aromatic heterocycles. The van der Waals surface area contributed by atoms with Gasteiger partial charge < -0.3 is 19.5 Å². The third kappa shape index (κ3) is 5.37. The van der Waals surface area contributed by atoms with Gasteiger partial charge in [0, 0.05) is 26.0 Å². The fourth-order valence-electron chi connectivity index (χ4n) is 2.13. The van der Waals surface area contributed by atoms with Gasteiger partial charge in [-0.1, -0.05) is 36.4 Å². The molecule has 24 heavy (non-hydrogen) atoms. The summed E-state index contributed by atoms with van der Waals surface area (Å²) < 4.78 is 16.2. The van der Waals surface area contributed by atoms with Crippen LogP contribution in [-0.2, 0) is 20.9 Å². The Kier molecular flexibility index (Phi) is 6.35. The fourth-order valence-corrected chi connectivity index (χ4v) is 2.13. The van der Waals surface area contributed by atoms with Crippen molar-refractivity contribution in [2.45, 2.75) is 25.7 Å². The van der Waals surface area contributed by atoms with Crippen molar-refractivity contribution in [3.05, 3.63) is 60.2 Å². The third-order valence-electron chi connectivity index (χ3n) is 3.71. The van der Waals surface area contributed by atoms with Crippen LogP contribution in [0, 0.1) is 0 Å². The summed E-state index contributed by atoms with van der Waals surface area (Å²) in [7, 11) is 3.02. The summed E-state index contributed by atoms with van der Waals surface area (Å²) in [5, 5.41) is 2.83. The summed E-state index contributed by atoms with van der Waals surface area (Å²) in [5.41, 5.74) is 1.75. The summed E-state index contributed by atoms with van der Waals surface area (Å²) >= 11 is 0. The van der Waals surface area contributed by atoms with Crippen LogP contribution in [0.2, 0.25) is 0 Å². The normalized spacial score (nSPS) is 11.1. The second-order valence-corrected chi connectivity index (χ2v) is 5.57. The quantitative estimate of drug-likeness (QED) is 0.752. The van der Waals surface area contributed by atoms with E-state index in [0.717, 1.165) is 5.56 Å². The van der Waals surface area contributed by atoms with Crippen LogP contribution < -0.4 is 10.1 Å². The molecule has 0 aliphatic carbocycles. The van der Waals surface area contributed by atoms with E-state index < -0.39 is 5.79 Å². The minimum atomic E-state index is -0.939. The Bertz CT molecular complexity index is 653. The van der Waals surface area contributed by atoms with Gasteiger partial charge in [-0.25, -0.2) is 0 Å². The number of carbonyl (C=O) groups is 1. The molecule has 0 fully saturated rings. The van der Waals surface area contributed by atoms with Crippen molar-refractivity contribution in [3.63, 3.8) is 0 Å². The number of methoxy groups -OCH3 is 2. The smallest absolute Gasteiger partial charge is 0.229 e. The Morgan fingerprint density at radius 2 is 1.75 bits per heavy atom. The number of carbonyl (C=O) groups excluding carboxylic acids is 1. The summed E-state index contributed by atoms with van der Waals surface area (Å²) in [6, 6.07) is 17.2. The molecule has 5 heteroatoms. The second-order valence-electron chi connectivity index (χ2n) is 5.57. The van der Waals surface area contributed by atoms with Crippen molar-refractivity contribution in [2.75, 3.05) is 19.5 Å². The average Bonchev–Trinajstić information content (AvgIpc) is 2.61. The number of hydrogen-bond donors (Lipinski definition) is 1. The molecule has 0 heterocycles. The predicted molar refractivity (Wildman–Crippen MR) is 92.9 cm³/mol. The van der Waals surface area contributed by atoms with E-state index in [0.29, 0.717) is 18.0 Å². The Balaban J connectivity index is 1.93. The molecule has 0 saturated heterocycles. The molecule has 0 radical (unpaired) electrons. The Morgan fingerprint density at radius 3 is 2.42 bits per heavy atom. The highest BCUT2D eigenvalue weighted by molar-refractivity contribution is 5.91. The van der Waals surface area contributed by atoms with Crippen molar-refractivity contribution in [2.24, 2.45) is 0 Å². The maximum absolute atomic E-state index is 12.1. The van der Waals surface area contributed by atoms with Gasteiger partial charge in [-0.3, -0.25) is 4.79 Å². The lowest BCUT2D eigenvalue weighted by Gasteiger charge is -2.25. The first-order chi connectivity index (χ1) is 11.5. The molecular weight excluding hydrogens is 306 g/mol. The van der Waals surface area contributed by atoms with Gasteiger partial charge in [0.2, 0.25) is 5.91 Å². The zero-order chi connectivity index (χ0) is 17.4. The van der Waals surface area contributed by atoms with E-state index in [1.54, 1.807) is 13.0 Å². The van der Waals surface area contributed by atoms with Gasteiger partial charge in [-0.2, -0.15) is 0 Å². The molecule has 0 atom stereocenters. The van der Waals surface area contributed by atoms with Crippen LogP contribution in [0.1, 0.15) is 18.9 Å². The molecule has 1 N–H and O–H groups in total. The summed E-state index contributed by atoms with van der Waals surface area (Å²) in [4.78, 5) is 12.1. The van der Waals surface area contributed by atoms with Gasteiger partial charge >= 0.3 is 0 Å². The largest absolute Gasteiger partial charge is 0.489 e. The first-order valence-electron chi connectivity index (χ1n) is 7.71. The molecule has 5 nitrogen and oxygen atoms in total. The van der Waals surface area contributed by atoms with Crippen molar-refractivity contribution < 1.29 is 19.0 Å². The van der Waals surface area contributed by atoms with E-state index in [4.69, 9.17) is 14.2 Å². The van der Waals surface area contributed by atoms with E-state index in [-0.39, 0.29) is 12.3 Å². The number of rotatable bonds is 8. The van der Waals surface area contributed by atoms with Gasteiger partial charge in [0.25, 0.3) is 0 Å². The molecule has 2 aromatic rings. The monoisotopic (exact) mass is 329 g/mol. The van der Waals surface area contributed by atoms with E-state index in [1.165, 1.54) is 14.2 Å². The standard InChI is InChI=1S/C19H23NO4/c1-19(22-2,23-3)13-18(21)20-16-10-7-11-17(12-16)24-14-15-8-5-4-6-9-15/h4-12H,13-14H2,1-3H3,(H,20,21). The highest BCUT2D eigenvalue weighted by Gasteiger charge is 2.26. The van der Waals surface area contributed by atoms with E-state index in [2.05, 4.69) is 5.32 Å². The Morgan fingerprint density at radius 1 is 1.04 bits per heavy atom. The Labute approximate surface area is 142 Å². The molecule has 0 aliphatic rings. The topological polar surface area (TPSA) is 56.8 Å². The molecule has 0 aliphatic heterocycles. The molecule has 0 bridgehead atoms. The van der Waals surface area contributed by atoms with Crippen LogP contribution >= 0.6 is 0 Å². The van der Waals surface area contributed by atoms with Crippen LogP contribution in [0.15, 0.2) is 54.6 Å². The Hall–Kier alpha value is -2.37. The predicted octanol–water partition coefficient (Wildman–Crippen LogP) is 3.60. The number of ether oxygens (including phenoxy) is 3. The van der Waals surface area contributed by atoms with Gasteiger partial charge in [0.05, 0.1) is 6.42 Å². The number of benzene rings is 2. The highest BCUT2D eigenvalue weighted by atomic mass is 16.7. The fraction of sp³-hybridized carbons (Fsp3) is 0.316. The van der Waals surface area contributed by atoms with Gasteiger partial charge in [-0.05, 0) is 24.6 Å². The maximum atomic E-state index is 12.1. The van der Waals surface area contributed by atoms with Gasteiger partial charge in [0.1, 0.15) is 12.4 Å². The molecule has 1 amide bonds. The first kappa shape index (κ1) is 18.0. The van der Waals surface area contributed by atoms with Crippen LogP contribution in [0.5, 0.6) is 5.75 Å². The van der Waals surface area contributed by atoms with Crippen molar-refractivity contribution in [1.29, 1.82) is 0 Å².